The van der Waals surface area contributed by atoms with Crippen molar-refractivity contribution in [1.82, 2.24) is 0 Å². The van der Waals surface area contributed by atoms with E-state index in [9.17, 15) is 0 Å². The van der Waals surface area contributed by atoms with Gasteiger partial charge in [-0.15, -0.1) is 34.0 Å². The molecule has 9 rings (SSSR count). The summed E-state index contributed by atoms with van der Waals surface area (Å²) < 4.78 is 121. The molecule has 0 atom stereocenters. The molecule has 0 radical (unpaired) electrons. The maximum Gasteiger partial charge on any atom is 0.380 e. The topological polar surface area (TPSA) is 31.6 Å². The second-order valence-electron chi connectivity index (χ2n) is 22.6. The number of rotatable bonds is 7. The fourth-order valence-electron chi connectivity index (χ4n) is 10.8. The smallest absolute Gasteiger partial charge is 0.380 e. The molecule has 0 amide bonds. The average Bonchev–Trinajstić information content (AvgIpc) is 4.05. The number of furan rings is 1. The first kappa shape index (κ1) is 48.0. The molecule has 4 heterocycles. The normalized spacial score (nSPS) is 21.2. The lowest BCUT2D eigenvalue weighted by Gasteiger charge is -2.26. The molecule has 0 fully saturated rings. The van der Waals surface area contributed by atoms with E-state index in [4.69, 9.17) is 13.9 Å². The van der Waals surface area contributed by atoms with Crippen LogP contribution in [0, 0.1) is 0 Å². The maximum atomic E-state index is 17.5. The van der Waals surface area contributed by atoms with Crippen molar-refractivity contribution in [2.75, 3.05) is 14.2 Å². The Labute approximate surface area is 402 Å². The second kappa shape index (κ2) is 15.5. The van der Waals surface area contributed by atoms with E-state index in [1.54, 1.807) is 35.6 Å². The van der Waals surface area contributed by atoms with Gasteiger partial charge < -0.3 is 13.9 Å². The van der Waals surface area contributed by atoms with Crippen LogP contribution in [0.1, 0.15) is 152 Å². The number of hydrogen-bond donors (Lipinski definition) is 0. The lowest BCUT2D eigenvalue weighted by atomic mass is 9.80. The number of hydrogen-bond acceptors (Lipinski definition) is 6. The summed E-state index contributed by atoms with van der Waals surface area (Å²) in [5, 5.41) is -0.0944. The molecule has 6 aromatic rings. The Hall–Kier alpha value is -4.00. The van der Waals surface area contributed by atoms with Crippen LogP contribution in [-0.4, -0.2) is 32.0 Å². The minimum absolute atomic E-state index is 0.0215. The largest absolute Gasteiger partial charge is 0.493 e. The number of methoxy groups -OCH3 is 2. The zero-order chi connectivity index (χ0) is 48.8. The Kier molecular flexibility index (Phi) is 11.1. The Balaban J connectivity index is 1.42. The van der Waals surface area contributed by atoms with Crippen LogP contribution in [-0.2, 0) is 27.1 Å². The molecule has 0 aliphatic heterocycles. The summed E-state index contributed by atoms with van der Waals surface area (Å²) in [6, 6.07) is 15.3. The summed E-state index contributed by atoms with van der Waals surface area (Å²) >= 11 is 4.25. The summed E-state index contributed by atoms with van der Waals surface area (Å²) in [7, 11) is 2.74. The summed E-state index contributed by atoms with van der Waals surface area (Å²) in [5.74, 6) is -16.5. The number of alkyl halides is 6. The van der Waals surface area contributed by atoms with Crippen LogP contribution in [0.5, 0.6) is 11.5 Å². The van der Waals surface area contributed by atoms with Gasteiger partial charge in [0.1, 0.15) is 11.3 Å². The highest BCUT2D eigenvalue weighted by Gasteiger charge is 2.81. The third-order valence-electron chi connectivity index (χ3n) is 15.0. The lowest BCUT2D eigenvalue weighted by molar-refractivity contribution is -0.254. The van der Waals surface area contributed by atoms with Gasteiger partial charge in [0, 0.05) is 63.7 Å². The second-order valence-corrected chi connectivity index (χ2v) is 25.8. The van der Waals surface area contributed by atoms with Gasteiger partial charge in [-0.25, -0.2) is 0 Å². The van der Waals surface area contributed by atoms with Gasteiger partial charge in [-0.2, -0.15) is 26.3 Å². The number of allylic oxidation sites excluding steroid dienone is 2. The van der Waals surface area contributed by atoms with Gasteiger partial charge in [-0.05, 0) is 93.7 Å². The molecule has 3 aliphatic carbocycles. The molecule has 0 N–H and O–H groups in total. The Bertz CT molecular complexity index is 2890. The summed E-state index contributed by atoms with van der Waals surface area (Å²) in [4.78, 5) is 4.46. The number of thiophene rings is 3. The molecule has 0 unspecified atom stereocenters. The van der Waals surface area contributed by atoms with Crippen molar-refractivity contribution in [3.8, 4) is 42.3 Å². The quantitative estimate of drug-likeness (QED) is 0.118. The van der Waals surface area contributed by atoms with Gasteiger partial charge in [-0.1, -0.05) is 113 Å². The molecule has 3 aliphatic rings. The molecule has 0 saturated carbocycles. The van der Waals surface area contributed by atoms with Crippen molar-refractivity contribution in [2.24, 2.45) is 0 Å². The summed E-state index contributed by atoms with van der Waals surface area (Å²) in [6.07, 6.45) is 5.73. The van der Waals surface area contributed by atoms with Crippen LogP contribution >= 0.6 is 34.0 Å². The van der Waals surface area contributed by atoms with Crippen LogP contribution in [0.15, 0.2) is 59.0 Å². The molecule has 12 heteroatoms. The molecule has 0 bridgehead atoms. The zero-order valence-corrected chi connectivity index (χ0v) is 43.1. The number of fused-ring (bicyclic) bond motifs is 3. The SMILES string of the molecule is COc1cc2oc(-c3ccc(C(C)(C)C)cc3)c(C3=C(c4cc(-c5cc6c(s5)C(C)(C)CCCC6(C)C)sc4-c4cc5c(s4)C(C)(C)CCCC5(C)C)C(F)(F)C(F)(F)C3(F)F)c2cc1OC. The number of benzene rings is 2. The molecule has 4 aromatic heterocycles. The number of ether oxygens (including phenoxy) is 2. The number of halogens is 6. The van der Waals surface area contributed by atoms with E-state index in [0.29, 0.717) is 9.75 Å². The van der Waals surface area contributed by atoms with Crippen molar-refractivity contribution in [3.05, 3.63) is 92.2 Å². The minimum Gasteiger partial charge on any atom is -0.493 e. The van der Waals surface area contributed by atoms with E-state index < -0.39 is 34.5 Å². The van der Waals surface area contributed by atoms with Gasteiger partial charge >= 0.3 is 17.8 Å². The summed E-state index contributed by atoms with van der Waals surface area (Å²) in [5.41, 5.74) is -1.62. The zero-order valence-electron chi connectivity index (χ0n) is 40.7. The van der Waals surface area contributed by atoms with Gasteiger partial charge in [0.2, 0.25) is 0 Å². The Morgan fingerprint density at radius 3 is 1.58 bits per heavy atom. The third-order valence-corrected chi connectivity index (χ3v) is 19.5. The first-order valence-corrected chi connectivity index (χ1v) is 25.6. The van der Waals surface area contributed by atoms with Crippen molar-refractivity contribution >= 4 is 56.1 Å². The van der Waals surface area contributed by atoms with E-state index in [2.05, 4.69) is 61.5 Å². The van der Waals surface area contributed by atoms with Gasteiger partial charge in [-0.3, -0.25) is 0 Å². The molecule has 2 aromatic carbocycles. The van der Waals surface area contributed by atoms with Crippen LogP contribution in [0.2, 0.25) is 0 Å². The molecule has 0 spiro atoms. The predicted octanol–water partition coefficient (Wildman–Crippen LogP) is 18.2. The van der Waals surface area contributed by atoms with Crippen LogP contribution < -0.4 is 9.47 Å². The first-order valence-electron chi connectivity index (χ1n) is 23.1. The lowest BCUT2D eigenvalue weighted by Crippen LogP contribution is -2.48. The molecular formula is C55H60F6O3S3. The standard InChI is InChI=1S/C55H60F6O3S3/c1-48(2,3)30-18-16-29(17-19-30)44-41(31-24-36(62-12)37(63-13)28-35(31)64-44)43-42(53(56,57)55(60,61)54(43,58)59)32-25-38(39-26-33-46(66-39)51(8,9)22-14-20-49(33,4)5)65-45(32)40-27-34-47(67-40)52(10,11)23-15-21-50(34,6)7/h16-19,24-28H,14-15,20-23H2,1-13H3. The predicted molar refractivity (Wildman–Crippen MR) is 266 cm³/mol. The molecule has 3 nitrogen and oxygen atoms in total. The van der Waals surface area contributed by atoms with Crippen LogP contribution in [0.25, 0.3) is 52.9 Å². The van der Waals surface area contributed by atoms with Crippen LogP contribution in [0.4, 0.5) is 26.3 Å². The van der Waals surface area contributed by atoms with Crippen molar-refractivity contribution < 1.29 is 40.2 Å². The molecule has 0 saturated heterocycles. The van der Waals surface area contributed by atoms with Crippen molar-refractivity contribution in [1.29, 1.82) is 0 Å². The van der Waals surface area contributed by atoms with Gasteiger partial charge in [0.15, 0.2) is 11.5 Å². The van der Waals surface area contributed by atoms with E-state index in [-0.39, 0.29) is 71.3 Å². The first-order chi connectivity index (χ1) is 31.0. The van der Waals surface area contributed by atoms with Crippen molar-refractivity contribution in [3.63, 3.8) is 0 Å². The average molecular weight is 979 g/mol. The molecular weight excluding hydrogens is 919 g/mol. The molecule has 67 heavy (non-hydrogen) atoms. The van der Waals surface area contributed by atoms with E-state index >= 15 is 26.3 Å². The molecule has 358 valence electrons. The van der Waals surface area contributed by atoms with E-state index in [1.807, 2.05) is 26.8 Å². The monoisotopic (exact) mass is 978 g/mol. The highest BCUT2D eigenvalue weighted by molar-refractivity contribution is 7.27. The Morgan fingerprint density at radius 1 is 0.567 bits per heavy atom. The van der Waals surface area contributed by atoms with E-state index in [1.165, 1.54) is 65.5 Å². The summed E-state index contributed by atoms with van der Waals surface area (Å²) in [6.45, 7) is 23.6. The maximum absolute atomic E-state index is 17.5. The van der Waals surface area contributed by atoms with Gasteiger partial charge in [0.05, 0.1) is 19.1 Å². The fourth-order valence-corrected chi connectivity index (χ4v) is 15.0. The van der Waals surface area contributed by atoms with Crippen LogP contribution in [0.3, 0.4) is 0 Å². The van der Waals surface area contributed by atoms with Gasteiger partial charge in [0.25, 0.3) is 0 Å². The fraction of sp³-hybridized carbons (Fsp3) is 0.491. The minimum atomic E-state index is -5.83. The van der Waals surface area contributed by atoms with Crippen molar-refractivity contribution in [2.45, 2.75) is 160 Å². The third kappa shape index (κ3) is 7.37. The highest BCUT2D eigenvalue weighted by atomic mass is 32.1. The Morgan fingerprint density at radius 2 is 1.04 bits per heavy atom. The van der Waals surface area contributed by atoms with E-state index in [0.717, 1.165) is 59.4 Å². The highest BCUT2D eigenvalue weighted by Crippen LogP contribution is 2.68.